The predicted molar refractivity (Wildman–Crippen MR) is 84.9 cm³/mol. The number of nitrogens with zero attached hydrogens (tertiary/aromatic N) is 4. The SMILES string of the molecule is CCCNc1cc(-n2cnc3cc(C)c(C)cc32)ncn1. The molecule has 0 atom stereocenters. The molecule has 0 fully saturated rings. The number of aromatic nitrogens is 4. The van der Waals surface area contributed by atoms with Crippen molar-refractivity contribution >= 4 is 16.9 Å². The van der Waals surface area contributed by atoms with E-state index in [1.165, 1.54) is 11.1 Å². The summed E-state index contributed by atoms with van der Waals surface area (Å²) in [7, 11) is 0. The Labute approximate surface area is 124 Å². The van der Waals surface area contributed by atoms with Gasteiger partial charge in [0.1, 0.15) is 24.3 Å². The van der Waals surface area contributed by atoms with Crippen LogP contribution in [0.5, 0.6) is 0 Å². The molecule has 0 radical (unpaired) electrons. The quantitative estimate of drug-likeness (QED) is 0.797. The Morgan fingerprint density at radius 2 is 1.86 bits per heavy atom. The maximum Gasteiger partial charge on any atom is 0.143 e. The number of imidazole rings is 1. The third-order valence-corrected chi connectivity index (χ3v) is 3.62. The highest BCUT2D eigenvalue weighted by Crippen LogP contribution is 2.21. The van der Waals surface area contributed by atoms with Gasteiger partial charge in [0.05, 0.1) is 11.0 Å². The summed E-state index contributed by atoms with van der Waals surface area (Å²) in [6, 6.07) is 6.21. The van der Waals surface area contributed by atoms with Crippen LogP contribution in [0, 0.1) is 13.8 Å². The van der Waals surface area contributed by atoms with Crippen LogP contribution in [0.15, 0.2) is 30.9 Å². The first-order valence-corrected chi connectivity index (χ1v) is 7.19. The highest BCUT2D eigenvalue weighted by molar-refractivity contribution is 5.79. The summed E-state index contributed by atoms with van der Waals surface area (Å²) in [6.45, 7) is 7.24. The van der Waals surface area contributed by atoms with Crippen LogP contribution in [0.3, 0.4) is 0 Å². The first-order valence-electron chi connectivity index (χ1n) is 7.19. The molecule has 1 N–H and O–H groups in total. The summed E-state index contributed by atoms with van der Waals surface area (Å²) in [5.74, 6) is 1.67. The number of hydrogen-bond donors (Lipinski definition) is 1. The van der Waals surface area contributed by atoms with Gasteiger partial charge in [-0.15, -0.1) is 0 Å². The van der Waals surface area contributed by atoms with Gasteiger partial charge < -0.3 is 5.32 Å². The maximum atomic E-state index is 4.47. The lowest BCUT2D eigenvalue weighted by molar-refractivity contribution is 0.950. The van der Waals surface area contributed by atoms with E-state index in [2.05, 4.69) is 53.2 Å². The van der Waals surface area contributed by atoms with Gasteiger partial charge in [0, 0.05) is 12.6 Å². The van der Waals surface area contributed by atoms with E-state index in [0.717, 1.165) is 35.6 Å². The van der Waals surface area contributed by atoms with Gasteiger partial charge in [0.15, 0.2) is 0 Å². The Balaban J connectivity index is 2.06. The summed E-state index contributed by atoms with van der Waals surface area (Å²) in [6.07, 6.45) is 4.46. The number of hydrogen-bond acceptors (Lipinski definition) is 4. The Hall–Kier alpha value is -2.43. The molecule has 0 saturated carbocycles. The predicted octanol–water partition coefficient (Wildman–Crippen LogP) is 3.25. The maximum absolute atomic E-state index is 4.47. The molecule has 0 aliphatic heterocycles. The van der Waals surface area contributed by atoms with Gasteiger partial charge in [0.2, 0.25) is 0 Å². The molecule has 5 heteroatoms. The number of rotatable bonds is 4. The van der Waals surface area contributed by atoms with Gasteiger partial charge in [-0.25, -0.2) is 15.0 Å². The Morgan fingerprint density at radius 1 is 1.05 bits per heavy atom. The van der Waals surface area contributed by atoms with Crippen molar-refractivity contribution in [2.24, 2.45) is 0 Å². The van der Waals surface area contributed by atoms with Gasteiger partial charge in [-0.1, -0.05) is 6.92 Å². The molecular weight excluding hydrogens is 262 g/mol. The Kier molecular flexibility index (Phi) is 3.56. The van der Waals surface area contributed by atoms with Gasteiger partial charge in [-0.2, -0.15) is 0 Å². The fourth-order valence-corrected chi connectivity index (χ4v) is 2.28. The molecule has 0 aliphatic carbocycles. The molecule has 3 rings (SSSR count). The van der Waals surface area contributed by atoms with Crippen LogP contribution in [0.4, 0.5) is 5.82 Å². The van der Waals surface area contributed by atoms with Crippen molar-refractivity contribution in [3.8, 4) is 5.82 Å². The zero-order valence-electron chi connectivity index (χ0n) is 12.6. The van der Waals surface area contributed by atoms with Crippen molar-refractivity contribution in [3.05, 3.63) is 42.0 Å². The van der Waals surface area contributed by atoms with Crippen LogP contribution in [0.25, 0.3) is 16.9 Å². The molecule has 1 aromatic carbocycles. The standard InChI is InChI=1S/C16H19N5/c1-4-5-17-15-8-16(19-9-18-15)21-10-20-13-6-11(2)12(3)7-14(13)21/h6-10H,4-5H2,1-3H3,(H,17,18,19). The molecule has 0 aliphatic rings. The average Bonchev–Trinajstić information content (AvgIpc) is 2.89. The van der Waals surface area contributed by atoms with E-state index in [0.29, 0.717) is 0 Å². The highest BCUT2D eigenvalue weighted by Gasteiger charge is 2.08. The molecule has 0 bridgehead atoms. The van der Waals surface area contributed by atoms with Crippen LogP contribution in [0.2, 0.25) is 0 Å². The molecule has 2 heterocycles. The second-order valence-electron chi connectivity index (χ2n) is 5.23. The second kappa shape index (κ2) is 5.52. The summed E-state index contributed by atoms with van der Waals surface area (Å²) < 4.78 is 2.00. The zero-order valence-corrected chi connectivity index (χ0v) is 12.6. The van der Waals surface area contributed by atoms with Crippen molar-refractivity contribution in [3.63, 3.8) is 0 Å². The Morgan fingerprint density at radius 3 is 2.67 bits per heavy atom. The smallest absolute Gasteiger partial charge is 0.143 e. The summed E-state index contributed by atoms with van der Waals surface area (Å²) in [5.41, 5.74) is 4.56. The number of nitrogens with one attached hydrogen (secondary N) is 1. The first-order chi connectivity index (χ1) is 10.2. The van der Waals surface area contributed by atoms with Gasteiger partial charge in [0.25, 0.3) is 0 Å². The molecular formula is C16H19N5. The molecule has 0 saturated heterocycles. The lowest BCUT2D eigenvalue weighted by Gasteiger charge is -2.08. The third kappa shape index (κ3) is 2.59. The van der Waals surface area contributed by atoms with E-state index in [4.69, 9.17) is 0 Å². The highest BCUT2D eigenvalue weighted by atomic mass is 15.1. The number of fused-ring (bicyclic) bond motifs is 1. The van der Waals surface area contributed by atoms with E-state index in [1.807, 2.05) is 17.0 Å². The largest absolute Gasteiger partial charge is 0.370 e. The minimum atomic E-state index is 0.828. The lowest BCUT2D eigenvalue weighted by atomic mass is 10.1. The number of anilines is 1. The van der Waals surface area contributed by atoms with Crippen molar-refractivity contribution in [1.29, 1.82) is 0 Å². The molecule has 0 unspecified atom stereocenters. The van der Waals surface area contributed by atoms with Gasteiger partial charge >= 0.3 is 0 Å². The van der Waals surface area contributed by atoms with Crippen LogP contribution in [-0.2, 0) is 0 Å². The number of benzene rings is 1. The monoisotopic (exact) mass is 281 g/mol. The first kappa shape index (κ1) is 13.5. The normalized spacial score (nSPS) is 11.0. The van der Waals surface area contributed by atoms with E-state index in [9.17, 15) is 0 Å². The Bertz CT molecular complexity index is 775. The molecule has 0 spiro atoms. The molecule has 5 nitrogen and oxygen atoms in total. The number of aryl methyl sites for hydroxylation is 2. The lowest BCUT2D eigenvalue weighted by Crippen LogP contribution is -2.04. The van der Waals surface area contributed by atoms with Crippen molar-refractivity contribution in [1.82, 2.24) is 19.5 Å². The fourth-order valence-electron chi connectivity index (χ4n) is 2.28. The zero-order chi connectivity index (χ0) is 14.8. The van der Waals surface area contributed by atoms with Crippen molar-refractivity contribution in [2.45, 2.75) is 27.2 Å². The molecule has 3 aromatic rings. The molecule has 2 aromatic heterocycles. The van der Waals surface area contributed by atoms with Crippen LogP contribution >= 0.6 is 0 Å². The topological polar surface area (TPSA) is 55.6 Å². The van der Waals surface area contributed by atoms with Crippen LogP contribution < -0.4 is 5.32 Å². The molecule has 108 valence electrons. The minimum Gasteiger partial charge on any atom is -0.370 e. The minimum absolute atomic E-state index is 0.828. The fraction of sp³-hybridized carbons (Fsp3) is 0.312. The summed E-state index contributed by atoms with van der Waals surface area (Å²) in [5, 5.41) is 3.28. The van der Waals surface area contributed by atoms with Crippen molar-refractivity contribution < 1.29 is 0 Å². The van der Waals surface area contributed by atoms with E-state index in [-0.39, 0.29) is 0 Å². The van der Waals surface area contributed by atoms with Crippen LogP contribution in [-0.4, -0.2) is 26.1 Å². The van der Waals surface area contributed by atoms with Gasteiger partial charge in [-0.05, 0) is 43.5 Å². The summed E-state index contributed by atoms with van der Waals surface area (Å²) >= 11 is 0. The van der Waals surface area contributed by atoms with Gasteiger partial charge in [-0.3, -0.25) is 4.57 Å². The van der Waals surface area contributed by atoms with E-state index < -0.39 is 0 Å². The van der Waals surface area contributed by atoms with Crippen LogP contribution in [0.1, 0.15) is 24.5 Å². The second-order valence-corrected chi connectivity index (χ2v) is 5.23. The van der Waals surface area contributed by atoms with E-state index >= 15 is 0 Å². The average molecular weight is 281 g/mol. The van der Waals surface area contributed by atoms with E-state index in [1.54, 1.807) is 6.33 Å². The third-order valence-electron chi connectivity index (χ3n) is 3.62. The molecule has 21 heavy (non-hydrogen) atoms. The van der Waals surface area contributed by atoms with Crippen molar-refractivity contribution in [2.75, 3.05) is 11.9 Å². The molecule has 0 amide bonds. The summed E-state index contributed by atoms with van der Waals surface area (Å²) in [4.78, 5) is 13.1.